The van der Waals surface area contributed by atoms with Crippen LogP contribution in [-0.4, -0.2) is 26.1 Å². The molecule has 1 amide bonds. The van der Waals surface area contributed by atoms with Crippen LogP contribution >= 0.6 is 11.3 Å². The largest absolute Gasteiger partial charge is 0.340 e. The fourth-order valence-electron chi connectivity index (χ4n) is 2.96. The number of hydrogen-bond acceptors (Lipinski definition) is 7. The van der Waals surface area contributed by atoms with E-state index in [4.69, 9.17) is 0 Å². The van der Waals surface area contributed by atoms with Crippen molar-refractivity contribution in [1.82, 2.24) is 20.2 Å². The highest BCUT2D eigenvalue weighted by Crippen LogP contribution is 2.24. The Morgan fingerprint density at radius 2 is 1.77 bits per heavy atom. The maximum Gasteiger partial charge on any atom is 0.257 e. The number of rotatable bonds is 6. The number of nitrogens with zero attached hydrogens (tertiary/aromatic N) is 4. The summed E-state index contributed by atoms with van der Waals surface area (Å²) in [6, 6.07) is 19.1. The van der Waals surface area contributed by atoms with E-state index in [0.29, 0.717) is 22.3 Å². The molecule has 2 aromatic heterocycles. The van der Waals surface area contributed by atoms with Crippen molar-refractivity contribution in [2.45, 2.75) is 26.7 Å². The molecule has 0 fully saturated rings. The van der Waals surface area contributed by atoms with E-state index in [1.54, 1.807) is 12.1 Å². The summed E-state index contributed by atoms with van der Waals surface area (Å²) in [5, 5.41) is 15.6. The number of anilines is 3. The van der Waals surface area contributed by atoms with Crippen LogP contribution < -0.4 is 10.6 Å². The summed E-state index contributed by atoms with van der Waals surface area (Å²) in [4.78, 5) is 21.7. The quantitative estimate of drug-likeness (QED) is 0.424. The zero-order valence-corrected chi connectivity index (χ0v) is 18.3. The van der Waals surface area contributed by atoms with Gasteiger partial charge in [0.05, 0.1) is 5.69 Å². The maximum absolute atomic E-state index is 12.7. The van der Waals surface area contributed by atoms with E-state index in [9.17, 15) is 4.79 Å². The predicted molar refractivity (Wildman–Crippen MR) is 124 cm³/mol. The van der Waals surface area contributed by atoms with Crippen LogP contribution in [0.3, 0.4) is 0 Å². The van der Waals surface area contributed by atoms with E-state index in [0.717, 1.165) is 22.0 Å². The highest BCUT2D eigenvalue weighted by atomic mass is 32.1. The monoisotopic (exact) mass is 430 g/mol. The van der Waals surface area contributed by atoms with Crippen LogP contribution in [-0.2, 0) is 0 Å². The van der Waals surface area contributed by atoms with Crippen molar-refractivity contribution in [3.8, 4) is 11.3 Å². The fourth-order valence-corrected chi connectivity index (χ4v) is 3.70. The van der Waals surface area contributed by atoms with Crippen molar-refractivity contribution in [3.05, 3.63) is 77.1 Å². The molecule has 0 aliphatic carbocycles. The van der Waals surface area contributed by atoms with Gasteiger partial charge >= 0.3 is 0 Å². The first kappa shape index (κ1) is 20.6. The van der Waals surface area contributed by atoms with Gasteiger partial charge in [-0.15, -0.1) is 10.2 Å². The Bertz CT molecular complexity index is 1210. The Hall–Kier alpha value is -3.65. The lowest BCUT2D eigenvalue weighted by Gasteiger charge is -2.10. The average molecular weight is 431 g/mol. The Morgan fingerprint density at radius 1 is 0.968 bits per heavy atom. The molecular weight excluding hydrogens is 408 g/mol. The lowest BCUT2D eigenvalue weighted by atomic mass is 10.1. The van der Waals surface area contributed by atoms with Crippen molar-refractivity contribution in [3.63, 3.8) is 0 Å². The number of aromatic nitrogens is 4. The molecule has 0 spiro atoms. The molecule has 0 aliphatic rings. The van der Waals surface area contributed by atoms with E-state index in [1.165, 1.54) is 11.3 Å². The van der Waals surface area contributed by atoms with Gasteiger partial charge in [-0.2, -0.15) is 0 Å². The lowest BCUT2D eigenvalue weighted by Crippen LogP contribution is -2.12. The normalized spacial score (nSPS) is 10.8. The van der Waals surface area contributed by atoms with Gasteiger partial charge < -0.3 is 5.32 Å². The standard InChI is InChI=1S/C23H22N6OS/c1-14(2)22-28-29-23(31-22)27-21(30)17-10-7-11-18(12-17)26-20-13-19(24-15(3)25-20)16-8-5-4-6-9-16/h4-14H,1-3H3,(H,24,25,26)(H,27,29,30). The van der Waals surface area contributed by atoms with Gasteiger partial charge in [0.25, 0.3) is 5.91 Å². The Morgan fingerprint density at radius 3 is 2.52 bits per heavy atom. The van der Waals surface area contributed by atoms with Gasteiger partial charge in [0.15, 0.2) is 0 Å². The summed E-state index contributed by atoms with van der Waals surface area (Å²) in [7, 11) is 0. The van der Waals surface area contributed by atoms with Crippen molar-refractivity contribution >= 4 is 33.9 Å². The van der Waals surface area contributed by atoms with Crippen molar-refractivity contribution in [1.29, 1.82) is 0 Å². The Labute approximate surface area is 184 Å². The molecule has 0 bridgehead atoms. The van der Waals surface area contributed by atoms with Crippen LogP contribution in [0.2, 0.25) is 0 Å². The average Bonchev–Trinajstić information content (AvgIpc) is 3.23. The summed E-state index contributed by atoms with van der Waals surface area (Å²) in [5.74, 6) is 1.36. The van der Waals surface area contributed by atoms with Crippen LogP contribution in [0.15, 0.2) is 60.7 Å². The molecule has 4 rings (SSSR count). The summed E-state index contributed by atoms with van der Waals surface area (Å²) < 4.78 is 0. The van der Waals surface area contributed by atoms with Crippen LogP contribution in [0.5, 0.6) is 0 Å². The van der Waals surface area contributed by atoms with Crippen molar-refractivity contribution in [2.75, 3.05) is 10.6 Å². The van der Waals surface area contributed by atoms with E-state index >= 15 is 0 Å². The molecule has 2 N–H and O–H groups in total. The van der Waals surface area contributed by atoms with Crippen LogP contribution in [0.1, 0.15) is 41.0 Å². The predicted octanol–water partition coefficient (Wildman–Crippen LogP) is 5.42. The number of amides is 1. The minimum atomic E-state index is -0.237. The smallest absolute Gasteiger partial charge is 0.257 e. The third kappa shape index (κ3) is 5.10. The van der Waals surface area contributed by atoms with Gasteiger partial charge in [-0.25, -0.2) is 9.97 Å². The second kappa shape index (κ2) is 9.01. The second-order valence-corrected chi connectivity index (χ2v) is 8.32. The number of carbonyl (C=O) groups is 1. The minimum absolute atomic E-state index is 0.237. The fraction of sp³-hybridized carbons (Fsp3) is 0.174. The number of hydrogen-bond donors (Lipinski definition) is 2. The molecule has 0 atom stereocenters. The van der Waals surface area contributed by atoms with Gasteiger partial charge in [-0.3, -0.25) is 10.1 Å². The van der Waals surface area contributed by atoms with Gasteiger partial charge in [0.2, 0.25) is 5.13 Å². The van der Waals surface area contributed by atoms with Crippen molar-refractivity contribution in [2.24, 2.45) is 0 Å². The van der Waals surface area contributed by atoms with E-state index in [1.807, 2.05) is 69.3 Å². The SMILES string of the molecule is Cc1nc(Nc2cccc(C(=O)Nc3nnc(C(C)C)s3)c2)cc(-c2ccccc2)n1. The van der Waals surface area contributed by atoms with Crippen LogP contribution in [0.4, 0.5) is 16.6 Å². The highest BCUT2D eigenvalue weighted by molar-refractivity contribution is 7.15. The van der Waals surface area contributed by atoms with Gasteiger partial charge in [-0.1, -0.05) is 61.6 Å². The van der Waals surface area contributed by atoms with Gasteiger partial charge in [-0.05, 0) is 25.1 Å². The second-order valence-electron chi connectivity index (χ2n) is 7.31. The zero-order chi connectivity index (χ0) is 21.8. The van der Waals surface area contributed by atoms with E-state index in [-0.39, 0.29) is 11.8 Å². The maximum atomic E-state index is 12.7. The van der Waals surface area contributed by atoms with E-state index in [2.05, 4.69) is 30.8 Å². The first-order valence-corrected chi connectivity index (χ1v) is 10.7. The molecule has 7 nitrogen and oxygen atoms in total. The summed E-state index contributed by atoms with van der Waals surface area (Å²) in [6.07, 6.45) is 0. The first-order valence-electron chi connectivity index (χ1n) is 9.91. The highest BCUT2D eigenvalue weighted by Gasteiger charge is 2.13. The number of benzene rings is 2. The minimum Gasteiger partial charge on any atom is -0.340 e. The summed E-state index contributed by atoms with van der Waals surface area (Å²) in [5.41, 5.74) is 3.12. The van der Waals surface area contributed by atoms with Gasteiger partial charge in [0, 0.05) is 28.8 Å². The molecule has 0 aliphatic heterocycles. The number of carbonyl (C=O) groups excluding carboxylic acids is 1. The summed E-state index contributed by atoms with van der Waals surface area (Å²) in [6.45, 7) is 5.94. The number of nitrogens with one attached hydrogen (secondary N) is 2. The molecule has 0 saturated heterocycles. The first-order chi connectivity index (χ1) is 15.0. The Kier molecular flexibility index (Phi) is 5.99. The molecule has 2 aromatic carbocycles. The van der Waals surface area contributed by atoms with Crippen LogP contribution in [0.25, 0.3) is 11.3 Å². The zero-order valence-electron chi connectivity index (χ0n) is 17.5. The Balaban J connectivity index is 1.52. The van der Waals surface area contributed by atoms with Gasteiger partial charge in [0.1, 0.15) is 16.6 Å². The van der Waals surface area contributed by atoms with E-state index < -0.39 is 0 Å². The summed E-state index contributed by atoms with van der Waals surface area (Å²) >= 11 is 1.39. The molecule has 2 heterocycles. The number of aryl methyl sites for hydroxylation is 1. The molecule has 4 aromatic rings. The third-order valence-electron chi connectivity index (χ3n) is 4.46. The van der Waals surface area contributed by atoms with Crippen LogP contribution in [0, 0.1) is 6.92 Å². The lowest BCUT2D eigenvalue weighted by molar-refractivity contribution is 0.102. The molecule has 8 heteroatoms. The molecule has 0 unspecified atom stereocenters. The third-order valence-corrected chi connectivity index (χ3v) is 5.60. The molecule has 0 radical (unpaired) electrons. The molecule has 31 heavy (non-hydrogen) atoms. The molecular formula is C23H22N6OS. The topological polar surface area (TPSA) is 92.7 Å². The molecule has 156 valence electrons. The molecule has 0 saturated carbocycles. The van der Waals surface area contributed by atoms with Crippen molar-refractivity contribution < 1.29 is 4.79 Å².